The number of hydrogen-bond acceptors (Lipinski definition) is 6. The Morgan fingerprint density at radius 2 is 1.76 bits per heavy atom. The van der Waals surface area contributed by atoms with E-state index in [1.165, 1.54) is 0 Å². The molecule has 0 aliphatic carbocycles. The van der Waals surface area contributed by atoms with Gasteiger partial charge < -0.3 is 9.84 Å². The second kappa shape index (κ2) is 8.96. The number of phenols is 1. The Balaban J connectivity index is 1.55. The summed E-state index contributed by atoms with van der Waals surface area (Å²) in [5, 5.41) is 16.1. The van der Waals surface area contributed by atoms with Crippen LogP contribution in [0.3, 0.4) is 0 Å². The Hall–Kier alpha value is -3.84. The zero-order valence-electron chi connectivity index (χ0n) is 17.9. The van der Waals surface area contributed by atoms with Crippen molar-refractivity contribution >= 4 is 34.6 Å². The van der Waals surface area contributed by atoms with Crippen molar-refractivity contribution in [3.63, 3.8) is 0 Å². The van der Waals surface area contributed by atoms with Crippen molar-refractivity contribution in [2.75, 3.05) is 7.11 Å². The van der Waals surface area contributed by atoms with Gasteiger partial charge in [0.2, 0.25) is 0 Å². The first-order valence-corrected chi connectivity index (χ1v) is 11.3. The van der Waals surface area contributed by atoms with E-state index in [2.05, 4.69) is 4.99 Å². The second-order valence-electron chi connectivity index (χ2n) is 7.65. The number of thioether (sulfide) groups is 1. The Morgan fingerprint density at radius 3 is 2.45 bits per heavy atom. The number of amides is 1. The molecule has 0 saturated heterocycles. The normalized spacial score (nSPS) is 19.1. The molecule has 2 aliphatic heterocycles. The molecule has 2 aliphatic rings. The largest absolute Gasteiger partial charge is 0.508 e. The number of nitrogens with zero attached hydrogens (tertiary/aromatic N) is 3. The number of hydrazone groups is 1. The van der Waals surface area contributed by atoms with Crippen LogP contribution in [0.2, 0.25) is 0 Å². The lowest BCUT2D eigenvalue weighted by Gasteiger charge is -2.24. The van der Waals surface area contributed by atoms with Gasteiger partial charge in [0.05, 0.1) is 23.8 Å². The highest BCUT2D eigenvalue weighted by Gasteiger charge is 2.36. The van der Waals surface area contributed by atoms with Crippen LogP contribution in [0, 0.1) is 0 Å². The number of phenolic OH excluding ortho intramolecular Hbond substituents is 1. The maximum absolute atomic E-state index is 12.3. The molecule has 0 aromatic heterocycles. The molecular weight excluding hydrogens is 434 g/mol. The van der Waals surface area contributed by atoms with Crippen LogP contribution < -0.4 is 4.74 Å². The SMILES string of the molecule is COc1ccc([C@@H]2CC(c3ccccc3)=NN2C2=NC(=O)SC2=Cc2ccc(O)cc2)cc1. The molecule has 1 N–H and O–H groups in total. The monoisotopic (exact) mass is 455 g/mol. The quantitative estimate of drug-likeness (QED) is 0.533. The van der Waals surface area contributed by atoms with Gasteiger partial charge >= 0.3 is 5.24 Å². The van der Waals surface area contributed by atoms with E-state index < -0.39 is 0 Å². The molecule has 0 saturated carbocycles. The van der Waals surface area contributed by atoms with Crippen molar-refractivity contribution in [1.82, 2.24) is 5.01 Å². The lowest BCUT2D eigenvalue weighted by molar-refractivity contribution is 0.267. The van der Waals surface area contributed by atoms with Crippen molar-refractivity contribution < 1.29 is 14.6 Å². The first-order chi connectivity index (χ1) is 16.1. The maximum Gasteiger partial charge on any atom is 0.311 e. The molecule has 33 heavy (non-hydrogen) atoms. The summed E-state index contributed by atoms with van der Waals surface area (Å²) in [7, 11) is 1.64. The smallest absolute Gasteiger partial charge is 0.311 e. The minimum Gasteiger partial charge on any atom is -0.508 e. The maximum atomic E-state index is 12.3. The molecule has 6 nitrogen and oxygen atoms in total. The standard InChI is InChI=1S/C26H21N3O3S/c1-32-21-13-9-19(10-14-21)23-16-22(18-5-3-2-4-6-18)28-29(23)25-24(33-26(31)27-25)15-17-7-11-20(30)12-8-17/h2-15,23,30H,16H2,1H3/t23-/m0/s1. The van der Waals surface area contributed by atoms with Gasteiger partial charge in [0.15, 0.2) is 5.84 Å². The number of aromatic hydroxyl groups is 1. The van der Waals surface area contributed by atoms with Crippen molar-refractivity contribution in [3.8, 4) is 11.5 Å². The van der Waals surface area contributed by atoms with E-state index in [9.17, 15) is 9.90 Å². The molecule has 7 heteroatoms. The van der Waals surface area contributed by atoms with Crippen LogP contribution in [0.1, 0.15) is 29.2 Å². The predicted molar refractivity (Wildman–Crippen MR) is 132 cm³/mol. The van der Waals surface area contributed by atoms with Crippen LogP contribution in [0.25, 0.3) is 6.08 Å². The van der Waals surface area contributed by atoms with Crippen LogP contribution in [-0.2, 0) is 0 Å². The zero-order valence-corrected chi connectivity index (χ0v) is 18.7. The van der Waals surface area contributed by atoms with Crippen molar-refractivity contribution in [2.24, 2.45) is 10.1 Å². The number of carbonyl (C=O) groups is 1. The number of ether oxygens (including phenoxy) is 1. The van der Waals surface area contributed by atoms with Crippen LogP contribution in [0.4, 0.5) is 4.79 Å². The molecular formula is C26H21N3O3S. The highest BCUT2D eigenvalue weighted by atomic mass is 32.2. The molecule has 3 aromatic carbocycles. The van der Waals surface area contributed by atoms with Gasteiger partial charge in [0.1, 0.15) is 11.5 Å². The molecule has 1 atom stereocenters. The molecule has 0 bridgehead atoms. The Bertz CT molecular complexity index is 1270. The van der Waals surface area contributed by atoms with Crippen LogP contribution in [0.15, 0.2) is 93.9 Å². The Labute approximate surface area is 195 Å². The number of carbonyl (C=O) groups excluding carboxylic acids is 1. The van der Waals surface area contributed by atoms with E-state index in [1.807, 2.05) is 65.7 Å². The summed E-state index contributed by atoms with van der Waals surface area (Å²) in [6, 6.07) is 24.7. The molecule has 5 rings (SSSR count). The number of hydrogen-bond donors (Lipinski definition) is 1. The lowest BCUT2D eigenvalue weighted by atomic mass is 9.98. The number of benzene rings is 3. The van der Waals surface area contributed by atoms with Crippen molar-refractivity contribution in [1.29, 1.82) is 0 Å². The minimum atomic E-state index is -0.271. The van der Waals surface area contributed by atoms with Gasteiger partial charge in [-0.3, -0.25) is 4.79 Å². The molecule has 1 amide bonds. The fourth-order valence-electron chi connectivity index (χ4n) is 3.88. The number of methoxy groups -OCH3 is 1. The van der Waals surface area contributed by atoms with Gasteiger partial charge in [-0.15, -0.1) is 0 Å². The van der Waals surface area contributed by atoms with Crippen molar-refractivity contribution in [3.05, 3.63) is 100 Å². The van der Waals surface area contributed by atoms with E-state index in [0.717, 1.165) is 44.8 Å². The second-order valence-corrected chi connectivity index (χ2v) is 8.65. The van der Waals surface area contributed by atoms with Crippen LogP contribution in [0.5, 0.6) is 11.5 Å². The highest BCUT2D eigenvalue weighted by Crippen LogP contribution is 2.39. The number of rotatable bonds is 4. The topological polar surface area (TPSA) is 74.5 Å². The average molecular weight is 456 g/mol. The molecule has 0 spiro atoms. The molecule has 164 valence electrons. The van der Waals surface area contributed by atoms with Gasteiger partial charge in [-0.1, -0.05) is 54.6 Å². The minimum absolute atomic E-state index is 0.111. The average Bonchev–Trinajstić information content (AvgIpc) is 3.44. The Kier molecular flexibility index (Phi) is 5.71. The van der Waals surface area contributed by atoms with Crippen molar-refractivity contribution in [2.45, 2.75) is 12.5 Å². The van der Waals surface area contributed by atoms with Crippen LogP contribution in [-0.4, -0.2) is 34.0 Å². The number of amidine groups is 1. The number of aliphatic imine (C=N–C) groups is 1. The fraction of sp³-hybridized carbons (Fsp3) is 0.115. The first-order valence-electron chi connectivity index (χ1n) is 10.5. The highest BCUT2D eigenvalue weighted by molar-refractivity contribution is 8.18. The zero-order chi connectivity index (χ0) is 22.8. The van der Waals surface area contributed by atoms with E-state index in [-0.39, 0.29) is 17.0 Å². The summed E-state index contributed by atoms with van der Waals surface area (Å²) in [4.78, 5) is 17.4. The van der Waals surface area contributed by atoms with E-state index >= 15 is 0 Å². The summed E-state index contributed by atoms with van der Waals surface area (Å²) < 4.78 is 5.31. The molecule has 0 fully saturated rings. The fourth-order valence-corrected chi connectivity index (χ4v) is 4.63. The summed E-state index contributed by atoms with van der Waals surface area (Å²) in [5.41, 5.74) is 3.90. The molecule has 2 heterocycles. The summed E-state index contributed by atoms with van der Waals surface area (Å²) in [5.74, 6) is 1.51. The third-order valence-electron chi connectivity index (χ3n) is 5.54. The van der Waals surface area contributed by atoms with Gasteiger partial charge in [0, 0.05) is 6.42 Å². The lowest BCUT2D eigenvalue weighted by Crippen LogP contribution is -2.26. The van der Waals surface area contributed by atoms with E-state index in [4.69, 9.17) is 9.84 Å². The molecule has 3 aromatic rings. The molecule has 0 unspecified atom stereocenters. The van der Waals surface area contributed by atoms with E-state index in [0.29, 0.717) is 12.3 Å². The molecule has 0 radical (unpaired) electrons. The summed E-state index contributed by atoms with van der Waals surface area (Å²) in [6.45, 7) is 0. The van der Waals surface area contributed by atoms with Gasteiger partial charge in [0.25, 0.3) is 0 Å². The van der Waals surface area contributed by atoms with Gasteiger partial charge in [-0.2, -0.15) is 10.1 Å². The van der Waals surface area contributed by atoms with Crippen LogP contribution >= 0.6 is 11.8 Å². The van der Waals surface area contributed by atoms with Gasteiger partial charge in [-0.25, -0.2) is 5.01 Å². The predicted octanol–water partition coefficient (Wildman–Crippen LogP) is 5.86. The first kappa shape index (κ1) is 21.0. The third-order valence-corrected chi connectivity index (χ3v) is 6.33. The Morgan fingerprint density at radius 1 is 1.03 bits per heavy atom. The summed E-state index contributed by atoms with van der Waals surface area (Å²) in [6.07, 6.45) is 2.58. The summed E-state index contributed by atoms with van der Waals surface area (Å²) >= 11 is 1.08. The third kappa shape index (κ3) is 4.40. The van der Waals surface area contributed by atoms with Gasteiger partial charge in [-0.05, 0) is 58.8 Å². The van der Waals surface area contributed by atoms with E-state index in [1.54, 1.807) is 31.4 Å².